The van der Waals surface area contributed by atoms with E-state index < -0.39 is 35.2 Å². The van der Waals surface area contributed by atoms with Gasteiger partial charge in [0.05, 0.1) is 6.26 Å². The zero-order chi connectivity index (χ0) is 21.8. The van der Waals surface area contributed by atoms with Gasteiger partial charge in [0.2, 0.25) is 5.71 Å². The molecule has 0 saturated carbocycles. The number of nitrogens with two attached hydrogens (primary N) is 1. The van der Waals surface area contributed by atoms with E-state index in [1.54, 1.807) is 6.07 Å². The van der Waals surface area contributed by atoms with E-state index in [1.165, 1.54) is 31.2 Å². The summed E-state index contributed by atoms with van der Waals surface area (Å²) in [4.78, 5) is 42.7. The first-order valence-corrected chi connectivity index (χ1v) is 9.40. The molecule has 0 spiro atoms. The van der Waals surface area contributed by atoms with Crippen LogP contribution in [0.2, 0.25) is 0 Å². The Balaban J connectivity index is 1.76. The molecule has 13 nitrogen and oxygen atoms in total. The number of carboxylic acid groups (broad SMARTS) is 1. The topological polar surface area (TPSA) is 189 Å². The molecule has 0 aliphatic carbocycles. The maximum atomic E-state index is 12.6. The van der Waals surface area contributed by atoms with Crippen LogP contribution in [-0.4, -0.2) is 75.6 Å². The number of nitrogens with one attached hydrogen (secondary N) is 1. The van der Waals surface area contributed by atoms with Gasteiger partial charge in [0.25, 0.3) is 11.8 Å². The van der Waals surface area contributed by atoms with Crippen LogP contribution in [0.3, 0.4) is 0 Å². The molecule has 14 heteroatoms. The third-order valence-corrected chi connectivity index (χ3v) is 5.52. The minimum atomic E-state index is -1.34. The number of aliphatic carboxylic acids is 1. The largest absolute Gasteiger partial charge is 0.477 e. The van der Waals surface area contributed by atoms with Gasteiger partial charge < -0.3 is 35.4 Å². The zero-order valence-electron chi connectivity index (χ0n) is 15.5. The van der Waals surface area contributed by atoms with Crippen molar-refractivity contribution in [3.05, 3.63) is 35.4 Å². The predicted octanol–water partition coefficient (Wildman–Crippen LogP) is -0.911. The molecule has 0 aromatic carbocycles. The molecular formula is C16H17N5O8S. The number of carbonyl (C=O) groups is 3. The molecule has 5 N–H and O–H groups in total. The van der Waals surface area contributed by atoms with E-state index in [1.807, 2.05) is 0 Å². The van der Waals surface area contributed by atoms with E-state index in [-0.39, 0.29) is 35.1 Å². The number of hydrogen-bond acceptors (Lipinski definition) is 10. The average Bonchev–Trinajstić information content (AvgIpc) is 3.27. The quantitative estimate of drug-likeness (QED) is 0.136. The Morgan fingerprint density at radius 3 is 2.87 bits per heavy atom. The number of β-lactam (4-membered cyclic amide) rings is 1. The molecule has 1 saturated heterocycles. The van der Waals surface area contributed by atoms with Crippen molar-refractivity contribution >= 4 is 41.3 Å². The number of nitrogens with zero attached hydrogens (tertiary/aromatic N) is 3. The Morgan fingerprint density at radius 1 is 1.50 bits per heavy atom. The monoisotopic (exact) mass is 439 g/mol. The van der Waals surface area contributed by atoms with Gasteiger partial charge in [-0.1, -0.05) is 5.16 Å². The molecule has 2 atom stereocenters. The molecular weight excluding hydrogens is 422 g/mol. The van der Waals surface area contributed by atoms with Crippen molar-refractivity contribution in [2.24, 2.45) is 16.0 Å². The van der Waals surface area contributed by atoms with Crippen LogP contribution in [0.1, 0.15) is 5.76 Å². The second-order valence-corrected chi connectivity index (χ2v) is 7.05. The minimum absolute atomic E-state index is 0.142. The lowest BCUT2D eigenvalue weighted by Gasteiger charge is -2.49. The van der Waals surface area contributed by atoms with Crippen molar-refractivity contribution in [2.75, 3.05) is 19.5 Å². The van der Waals surface area contributed by atoms with Crippen molar-refractivity contribution < 1.29 is 38.7 Å². The summed E-state index contributed by atoms with van der Waals surface area (Å²) >= 11 is 1.23. The van der Waals surface area contributed by atoms with Crippen LogP contribution in [0.15, 0.2) is 44.4 Å². The number of ether oxygens (including phenoxy) is 1. The second-order valence-electron chi connectivity index (χ2n) is 5.94. The summed E-state index contributed by atoms with van der Waals surface area (Å²) in [6.07, 6.45) is 1.35. The molecule has 2 amide bonds. The predicted molar refractivity (Wildman–Crippen MR) is 101 cm³/mol. The number of fused-ring (bicyclic) bond motifs is 1. The second kappa shape index (κ2) is 8.77. The molecule has 0 bridgehead atoms. The number of amides is 2. The molecule has 3 heterocycles. The first-order chi connectivity index (χ1) is 14.4. The van der Waals surface area contributed by atoms with E-state index in [0.29, 0.717) is 0 Å². The van der Waals surface area contributed by atoms with Gasteiger partial charge in [-0.25, -0.2) is 4.79 Å². The summed E-state index contributed by atoms with van der Waals surface area (Å²) in [5.41, 5.74) is 5.06. The van der Waals surface area contributed by atoms with Gasteiger partial charge in [-0.2, -0.15) is 0 Å². The number of thioether (sulfide) groups is 1. The van der Waals surface area contributed by atoms with Crippen LogP contribution < -0.4 is 11.1 Å². The molecule has 0 unspecified atom stereocenters. The Morgan fingerprint density at radius 2 is 2.27 bits per heavy atom. The van der Waals surface area contributed by atoms with Crippen LogP contribution in [0.25, 0.3) is 0 Å². The number of amidine groups is 1. The number of hydrogen-bond donors (Lipinski definition) is 4. The van der Waals surface area contributed by atoms with Gasteiger partial charge >= 0.3 is 12.0 Å². The van der Waals surface area contributed by atoms with Crippen molar-refractivity contribution in [1.29, 1.82) is 0 Å². The van der Waals surface area contributed by atoms with Crippen LogP contribution >= 0.6 is 11.8 Å². The lowest BCUT2D eigenvalue weighted by Crippen LogP contribution is -2.71. The normalized spacial score (nSPS) is 21.6. The van der Waals surface area contributed by atoms with Crippen molar-refractivity contribution in [3.63, 3.8) is 0 Å². The fraction of sp³-hybridized carbons (Fsp3) is 0.312. The lowest BCUT2D eigenvalue weighted by molar-refractivity contribution is -0.150. The number of oxime groups is 2. The molecule has 3 rings (SSSR count). The highest BCUT2D eigenvalue weighted by Crippen LogP contribution is 2.40. The number of carbonyl (C=O) groups excluding carboxylic acids is 2. The molecule has 2 aliphatic heterocycles. The van der Waals surface area contributed by atoms with Crippen LogP contribution in [0.4, 0.5) is 0 Å². The molecule has 0 radical (unpaired) electrons. The third kappa shape index (κ3) is 3.89. The highest BCUT2D eigenvalue weighted by atomic mass is 32.2. The van der Waals surface area contributed by atoms with E-state index in [4.69, 9.17) is 20.1 Å². The summed E-state index contributed by atoms with van der Waals surface area (Å²) in [5, 5.41) is 26.2. The Bertz CT molecular complexity index is 941. The third-order valence-electron chi connectivity index (χ3n) is 4.18. The fourth-order valence-electron chi connectivity index (χ4n) is 2.90. The highest BCUT2D eigenvalue weighted by molar-refractivity contribution is 8.00. The number of furan rings is 1. The first-order valence-electron chi connectivity index (χ1n) is 8.35. The fourth-order valence-corrected chi connectivity index (χ4v) is 4.22. The van der Waals surface area contributed by atoms with Gasteiger partial charge in [0, 0.05) is 11.3 Å². The smallest absolute Gasteiger partial charge is 0.352 e. The average molecular weight is 439 g/mol. The summed E-state index contributed by atoms with van der Waals surface area (Å²) < 4.78 is 10.1. The maximum Gasteiger partial charge on any atom is 0.352 e. The molecule has 1 aromatic rings. The zero-order valence-corrected chi connectivity index (χ0v) is 16.3. The Labute approximate surface area is 173 Å². The van der Waals surface area contributed by atoms with Crippen molar-refractivity contribution in [1.82, 2.24) is 10.2 Å². The van der Waals surface area contributed by atoms with Crippen LogP contribution in [0, 0.1) is 0 Å². The summed E-state index contributed by atoms with van der Waals surface area (Å²) in [5.74, 6) is -2.34. The van der Waals surface area contributed by atoms with Gasteiger partial charge in [-0.15, -0.1) is 11.8 Å². The first kappa shape index (κ1) is 21.0. The number of rotatable bonds is 7. The summed E-state index contributed by atoms with van der Waals surface area (Å²) in [6, 6.07) is 1.55. The van der Waals surface area contributed by atoms with E-state index in [0.717, 1.165) is 4.90 Å². The van der Waals surface area contributed by atoms with Crippen LogP contribution in [-0.2, 0) is 24.0 Å². The summed E-state index contributed by atoms with van der Waals surface area (Å²) in [7, 11) is 1.26. The summed E-state index contributed by atoms with van der Waals surface area (Å²) in [6.45, 7) is -0.277. The van der Waals surface area contributed by atoms with Gasteiger partial charge in [0.1, 0.15) is 30.8 Å². The van der Waals surface area contributed by atoms with E-state index in [2.05, 4.69) is 20.5 Å². The van der Waals surface area contributed by atoms with Crippen LogP contribution in [0.5, 0.6) is 0 Å². The lowest BCUT2D eigenvalue weighted by atomic mass is 10.0. The Kier molecular flexibility index (Phi) is 6.15. The van der Waals surface area contributed by atoms with E-state index >= 15 is 0 Å². The van der Waals surface area contributed by atoms with Crippen molar-refractivity contribution in [3.8, 4) is 0 Å². The highest BCUT2D eigenvalue weighted by Gasteiger charge is 2.54. The standard InChI is InChI=1S/C16H17N5O8S/c1-27-20-9(8-3-2-4-28-8)12(22)18-10-13(23)21-11(15(24)25)7(6-30-14(10)21)5-29-16(17)19-26/h2-4,10,14,26H,5-6H2,1H3,(H2,17,19)(H,18,22)(H,24,25)/b20-9-/t10-,14+/m0/s1. The van der Waals surface area contributed by atoms with Gasteiger partial charge in [0.15, 0.2) is 5.76 Å². The maximum absolute atomic E-state index is 12.6. The SMILES string of the molecule is CO/N=C(\C(=O)N[C@H]1C(=O)N2C(C(=O)O)=C(CO/C(N)=N/O)CS[C@H]12)c1ccco1. The van der Waals surface area contributed by atoms with Crippen molar-refractivity contribution in [2.45, 2.75) is 11.4 Å². The molecule has 2 aliphatic rings. The van der Waals surface area contributed by atoms with E-state index in [9.17, 15) is 19.5 Å². The minimum Gasteiger partial charge on any atom is -0.477 e. The molecule has 1 aromatic heterocycles. The Hall–Kier alpha value is -3.68. The van der Waals surface area contributed by atoms with Gasteiger partial charge in [-0.3, -0.25) is 14.5 Å². The van der Waals surface area contributed by atoms with Gasteiger partial charge in [-0.05, 0) is 17.3 Å². The molecule has 1 fully saturated rings. The number of carboxylic acids is 1. The molecule has 30 heavy (non-hydrogen) atoms. The molecule has 160 valence electrons.